The molecule has 1 N–H and O–H groups in total. The molecule has 5 aromatic rings. The van der Waals surface area contributed by atoms with Crippen molar-refractivity contribution >= 4 is 34.3 Å². The number of nitrogens with zero attached hydrogens (tertiary/aromatic N) is 2. The fraction of sp³-hybridized carbons (Fsp3) is 0.229. The molecule has 0 aliphatic carbocycles. The van der Waals surface area contributed by atoms with Crippen LogP contribution in [0, 0.1) is 6.92 Å². The number of fused-ring (bicyclic) bond motifs is 2. The Bertz CT molecular complexity index is 2030. The average Bonchev–Trinajstić information content (AvgIpc) is 3.51. The second kappa shape index (κ2) is 11.1. The second-order valence-electron chi connectivity index (χ2n) is 10.9. The maximum atomic E-state index is 14.3. The number of esters is 1. The Labute approximate surface area is 248 Å². The molecule has 0 bridgehead atoms. The topological polar surface area (TPSA) is 76.4 Å². The fourth-order valence-corrected chi connectivity index (χ4v) is 6.70. The van der Waals surface area contributed by atoms with E-state index in [9.17, 15) is 9.59 Å². The van der Waals surface area contributed by atoms with Gasteiger partial charge in [0.2, 0.25) is 0 Å². The number of aromatic nitrogens is 2. The summed E-state index contributed by atoms with van der Waals surface area (Å²) in [6.07, 6.45) is 1.97. The highest BCUT2D eigenvalue weighted by molar-refractivity contribution is 7.07. The molecule has 0 amide bonds. The largest absolute Gasteiger partial charge is 0.463 e. The third kappa shape index (κ3) is 4.73. The summed E-state index contributed by atoms with van der Waals surface area (Å²) in [5.41, 5.74) is 7.91. The summed E-state index contributed by atoms with van der Waals surface area (Å²) in [5.74, 6) is -0.0918. The van der Waals surface area contributed by atoms with Gasteiger partial charge in [0.25, 0.3) is 5.56 Å². The van der Waals surface area contributed by atoms with Gasteiger partial charge in [-0.25, -0.2) is 9.79 Å². The lowest BCUT2D eigenvalue weighted by atomic mass is 9.93. The molecule has 6 nitrogen and oxygen atoms in total. The second-order valence-corrected chi connectivity index (χ2v) is 11.9. The van der Waals surface area contributed by atoms with E-state index in [-0.39, 0.29) is 12.2 Å². The van der Waals surface area contributed by atoms with Gasteiger partial charge in [0.1, 0.15) is 0 Å². The molecule has 3 aromatic carbocycles. The smallest absolute Gasteiger partial charge is 0.338 e. The third-order valence-electron chi connectivity index (χ3n) is 7.86. The quantitative estimate of drug-likeness (QED) is 0.239. The zero-order chi connectivity index (χ0) is 29.5. The number of ether oxygens (including phenoxy) is 1. The van der Waals surface area contributed by atoms with Crippen LogP contribution in [0.1, 0.15) is 61.9 Å². The number of H-pyrrole nitrogens is 1. The van der Waals surface area contributed by atoms with E-state index in [2.05, 4.69) is 62.2 Å². The molecule has 0 radical (unpaired) electrons. The van der Waals surface area contributed by atoms with Crippen LogP contribution in [0.15, 0.2) is 93.9 Å². The van der Waals surface area contributed by atoms with E-state index in [1.165, 1.54) is 16.9 Å². The van der Waals surface area contributed by atoms with Gasteiger partial charge in [-0.1, -0.05) is 98.0 Å². The van der Waals surface area contributed by atoms with Crippen molar-refractivity contribution in [3.63, 3.8) is 0 Å². The van der Waals surface area contributed by atoms with Gasteiger partial charge in [0, 0.05) is 16.5 Å². The first-order valence-corrected chi connectivity index (χ1v) is 15.1. The lowest BCUT2D eigenvalue weighted by molar-refractivity contribution is -0.139. The minimum Gasteiger partial charge on any atom is -0.463 e. The van der Waals surface area contributed by atoms with Crippen molar-refractivity contribution in [2.45, 2.75) is 46.6 Å². The molecule has 212 valence electrons. The number of allylic oxidation sites excluding steroid dienone is 1. The van der Waals surface area contributed by atoms with E-state index in [1.54, 1.807) is 11.5 Å². The molecule has 0 fully saturated rings. The van der Waals surface area contributed by atoms with Gasteiger partial charge >= 0.3 is 5.97 Å². The van der Waals surface area contributed by atoms with E-state index in [0.717, 1.165) is 38.9 Å². The van der Waals surface area contributed by atoms with Gasteiger partial charge in [0.15, 0.2) is 4.80 Å². The minimum absolute atomic E-state index is 0.188. The van der Waals surface area contributed by atoms with Crippen LogP contribution in [0.25, 0.3) is 28.2 Å². The molecule has 42 heavy (non-hydrogen) atoms. The zero-order valence-electron chi connectivity index (χ0n) is 24.4. The number of rotatable bonds is 6. The highest BCUT2D eigenvalue weighted by Gasteiger charge is 2.33. The predicted molar refractivity (Wildman–Crippen MR) is 169 cm³/mol. The monoisotopic (exact) mass is 575 g/mol. The molecule has 1 aliphatic heterocycles. The minimum atomic E-state index is -0.637. The van der Waals surface area contributed by atoms with Crippen LogP contribution in [0.2, 0.25) is 0 Å². The summed E-state index contributed by atoms with van der Waals surface area (Å²) in [7, 11) is 0. The highest BCUT2D eigenvalue weighted by Crippen LogP contribution is 2.34. The van der Waals surface area contributed by atoms with Crippen LogP contribution in [0.5, 0.6) is 0 Å². The van der Waals surface area contributed by atoms with Crippen molar-refractivity contribution in [1.82, 2.24) is 9.55 Å². The molecule has 3 heterocycles. The van der Waals surface area contributed by atoms with Gasteiger partial charge in [-0.15, -0.1) is 0 Å². The fourth-order valence-electron chi connectivity index (χ4n) is 5.67. The zero-order valence-corrected chi connectivity index (χ0v) is 25.2. The molecular formula is C35H33N3O3S. The molecule has 0 saturated heterocycles. The predicted octanol–water partition coefficient (Wildman–Crippen LogP) is 6.38. The molecule has 0 unspecified atom stereocenters. The van der Waals surface area contributed by atoms with Gasteiger partial charge in [0.05, 0.1) is 34.1 Å². The number of aromatic amines is 1. The summed E-state index contributed by atoms with van der Waals surface area (Å²) >= 11 is 1.34. The molecule has 6 rings (SSSR count). The molecular weight excluding hydrogens is 542 g/mol. The Balaban J connectivity index is 1.60. The van der Waals surface area contributed by atoms with Gasteiger partial charge in [-0.05, 0) is 55.0 Å². The average molecular weight is 576 g/mol. The molecule has 1 aliphatic rings. The Morgan fingerprint density at radius 2 is 1.79 bits per heavy atom. The summed E-state index contributed by atoms with van der Waals surface area (Å²) in [5, 5.41) is 1.05. The van der Waals surface area contributed by atoms with E-state index < -0.39 is 12.0 Å². The van der Waals surface area contributed by atoms with Gasteiger partial charge < -0.3 is 9.72 Å². The van der Waals surface area contributed by atoms with Gasteiger partial charge in [-0.3, -0.25) is 9.36 Å². The van der Waals surface area contributed by atoms with Crippen molar-refractivity contribution in [3.05, 3.63) is 126 Å². The first kappa shape index (κ1) is 27.7. The summed E-state index contributed by atoms with van der Waals surface area (Å²) < 4.78 is 7.66. The molecule has 0 spiro atoms. The Hall–Kier alpha value is -4.49. The number of hydrogen-bond donors (Lipinski definition) is 1. The van der Waals surface area contributed by atoms with E-state index in [1.807, 2.05) is 49.4 Å². The van der Waals surface area contributed by atoms with Crippen LogP contribution in [-0.2, 0) is 9.53 Å². The Morgan fingerprint density at radius 3 is 2.48 bits per heavy atom. The lowest BCUT2D eigenvalue weighted by Crippen LogP contribution is -2.39. The number of aryl methyl sites for hydroxylation is 1. The SMILES string of the molecule is CCOC(=O)C1=C(C)N=c2s/c(=C/c3c(-c4ccccc4)[nH]c4c(C)cccc34)c(=O)n2[C@H]1c1ccc(C(C)C)cc1. The first-order chi connectivity index (χ1) is 20.3. The Kier molecular flexibility index (Phi) is 7.29. The summed E-state index contributed by atoms with van der Waals surface area (Å²) in [4.78, 5) is 36.5. The van der Waals surface area contributed by atoms with E-state index in [4.69, 9.17) is 9.73 Å². The number of thiazole rings is 1. The van der Waals surface area contributed by atoms with Crippen LogP contribution in [-0.4, -0.2) is 22.1 Å². The lowest BCUT2D eigenvalue weighted by Gasteiger charge is -2.25. The van der Waals surface area contributed by atoms with Crippen molar-refractivity contribution < 1.29 is 9.53 Å². The normalized spacial score (nSPS) is 15.3. The number of carbonyl (C=O) groups excluding carboxylic acids is 1. The maximum absolute atomic E-state index is 14.3. The number of benzene rings is 3. The van der Waals surface area contributed by atoms with Crippen molar-refractivity contribution in [2.75, 3.05) is 6.61 Å². The number of hydrogen-bond acceptors (Lipinski definition) is 5. The molecule has 2 aromatic heterocycles. The van der Waals surface area contributed by atoms with Crippen LogP contribution in [0.3, 0.4) is 0 Å². The summed E-state index contributed by atoms with van der Waals surface area (Å²) in [6, 6.07) is 23.8. The highest BCUT2D eigenvalue weighted by atomic mass is 32.1. The van der Waals surface area contributed by atoms with E-state index >= 15 is 0 Å². The molecule has 7 heteroatoms. The van der Waals surface area contributed by atoms with Crippen molar-refractivity contribution in [1.29, 1.82) is 0 Å². The summed E-state index contributed by atoms with van der Waals surface area (Å²) in [6.45, 7) is 10.2. The Morgan fingerprint density at radius 1 is 1.05 bits per heavy atom. The third-order valence-corrected chi connectivity index (χ3v) is 8.84. The van der Waals surface area contributed by atoms with E-state index in [0.29, 0.717) is 26.5 Å². The standard InChI is InChI=1S/C35H33N3O3S/c1-6-41-34(40)29-22(5)36-35-38(32(29)25-17-15-23(16-18-25)20(2)3)33(39)28(42-35)19-27-26-14-10-11-21(4)30(26)37-31(27)24-12-8-7-9-13-24/h7-20,32,37H,6H2,1-5H3/b28-19+/t32-/m0/s1. The van der Waals surface area contributed by atoms with Crippen molar-refractivity contribution in [3.8, 4) is 11.3 Å². The van der Waals surface area contributed by atoms with Crippen molar-refractivity contribution in [2.24, 2.45) is 4.99 Å². The van der Waals surface area contributed by atoms with Crippen LogP contribution >= 0.6 is 11.3 Å². The number of nitrogens with one attached hydrogen (secondary N) is 1. The molecule has 1 atom stereocenters. The number of carbonyl (C=O) groups is 1. The number of para-hydroxylation sites is 1. The van der Waals surface area contributed by atoms with Crippen LogP contribution < -0.4 is 14.9 Å². The molecule has 0 saturated carbocycles. The van der Waals surface area contributed by atoms with Gasteiger partial charge in [-0.2, -0.15) is 0 Å². The van der Waals surface area contributed by atoms with Crippen LogP contribution in [0.4, 0.5) is 0 Å². The first-order valence-electron chi connectivity index (χ1n) is 14.2. The maximum Gasteiger partial charge on any atom is 0.338 e.